The zero-order valence-electron chi connectivity index (χ0n) is 6.89. The van der Waals surface area contributed by atoms with Crippen LogP contribution in [0.1, 0.15) is 6.42 Å². The van der Waals surface area contributed by atoms with Crippen LogP contribution in [0, 0.1) is 5.92 Å². The predicted molar refractivity (Wildman–Crippen MR) is 47.2 cm³/mol. The summed E-state index contributed by atoms with van der Waals surface area (Å²) in [6, 6.07) is 3.92. The number of hydrogen-bond acceptors (Lipinski definition) is 2. The first-order valence-electron chi connectivity index (χ1n) is 4.20. The molecule has 1 atom stereocenters. The second kappa shape index (κ2) is 3.54. The van der Waals surface area contributed by atoms with Crippen molar-refractivity contribution in [3.63, 3.8) is 0 Å². The van der Waals surface area contributed by atoms with E-state index in [0.29, 0.717) is 5.92 Å². The lowest BCUT2D eigenvalue weighted by atomic mass is 10.1. The van der Waals surface area contributed by atoms with Gasteiger partial charge in [0.15, 0.2) is 0 Å². The van der Waals surface area contributed by atoms with Crippen molar-refractivity contribution in [1.82, 2.24) is 4.68 Å². The van der Waals surface area contributed by atoms with Gasteiger partial charge in [0, 0.05) is 31.1 Å². The summed E-state index contributed by atoms with van der Waals surface area (Å²) in [6.45, 7) is 1.70. The van der Waals surface area contributed by atoms with Crippen molar-refractivity contribution >= 4 is 6.21 Å². The molecule has 0 spiro atoms. The first-order valence-corrected chi connectivity index (χ1v) is 4.20. The molecule has 0 N–H and O–H groups in total. The zero-order valence-corrected chi connectivity index (χ0v) is 6.89. The minimum absolute atomic E-state index is 0.507. The molecule has 0 aliphatic carbocycles. The third-order valence-electron chi connectivity index (χ3n) is 1.96. The van der Waals surface area contributed by atoms with Crippen LogP contribution >= 0.6 is 0 Å². The van der Waals surface area contributed by atoms with Crippen LogP contribution in [0.4, 0.5) is 0 Å². The molecule has 2 rings (SSSR count). The summed E-state index contributed by atoms with van der Waals surface area (Å²) in [4.78, 5) is 0. The fourth-order valence-electron chi connectivity index (χ4n) is 1.24. The van der Waals surface area contributed by atoms with Gasteiger partial charge in [-0.15, -0.1) is 0 Å². The molecule has 3 heteroatoms. The summed E-state index contributed by atoms with van der Waals surface area (Å²) in [5.74, 6) is 0.507. The monoisotopic (exact) mass is 164 g/mol. The lowest BCUT2D eigenvalue weighted by Gasteiger charge is -1.97. The normalized spacial score (nSPS) is 23.8. The Morgan fingerprint density at radius 2 is 2.25 bits per heavy atom. The van der Waals surface area contributed by atoms with Crippen molar-refractivity contribution in [3.8, 4) is 0 Å². The molecule has 1 aliphatic rings. The van der Waals surface area contributed by atoms with Crippen LogP contribution in [0.25, 0.3) is 0 Å². The highest BCUT2D eigenvalue weighted by Gasteiger charge is 2.12. The van der Waals surface area contributed by atoms with Gasteiger partial charge in [-0.05, 0) is 18.6 Å². The fourth-order valence-corrected chi connectivity index (χ4v) is 1.24. The Labute approximate surface area is 71.6 Å². The molecule has 1 fully saturated rings. The number of hydrogen-bond donors (Lipinski definition) is 0. The smallest absolute Gasteiger partial charge is 0.0545 e. The molecule has 1 aromatic rings. The quantitative estimate of drug-likeness (QED) is 0.606. The zero-order chi connectivity index (χ0) is 8.23. The fraction of sp³-hybridized carbons (Fsp3) is 0.444. The Bertz CT molecular complexity index is 248. The molecule has 0 saturated carbocycles. The standard InChI is InChI=1S/C9H12N2O/c1-2-5-11(4-1)10-7-9-3-6-12-8-9/h1-2,4-5,7,9H,3,6,8H2/b10-7+. The highest BCUT2D eigenvalue weighted by atomic mass is 16.5. The number of nitrogens with zero attached hydrogens (tertiary/aromatic N) is 2. The Kier molecular flexibility index (Phi) is 2.23. The maximum atomic E-state index is 5.23. The van der Waals surface area contributed by atoms with E-state index in [-0.39, 0.29) is 0 Å². The van der Waals surface area contributed by atoms with Gasteiger partial charge in [0.1, 0.15) is 0 Å². The summed E-state index contributed by atoms with van der Waals surface area (Å²) in [7, 11) is 0. The van der Waals surface area contributed by atoms with E-state index in [1.165, 1.54) is 0 Å². The second-order valence-corrected chi connectivity index (χ2v) is 2.95. The van der Waals surface area contributed by atoms with Gasteiger partial charge < -0.3 is 4.74 Å². The van der Waals surface area contributed by atoms with Crippen LogP contribution in [0.2, 0.25) is 0 Å². The lowest BCUT2D eigenvalue weighted by Crippen LogP contribution is -2.01. The molecule has 0 amide bonds. The number of aromatic nitrogens is 1. The summed E-state index contributed by atoms with van der Waals surface area (Å²) in [5, 5.41) is 4.26. The third kappa shape index (κ3) is 1.74. The van der Waals surface area contributed by atoms with Crippen LogP contribution in [-0.4, -0.2) is 24.1 Å². The van der Waals surface area contributed by atoms with E-state index in [2.05, 4.69) is 5.10 Å². The van der Waals surface area contributed by atoms with Crippen LogP contribution in [-0.2, 0) is 4.74 Å². The van der Waals surface area contributed by atoms with Crippen LogP contribution in [0.15, 0.2) is 29.6 Å². The van der Waals surface area contributed by atoms with Crippen LogP contribution in [0.3, 0.4) is 0 Å². The van der Waals surface area contributed by atoms with Gasteiger partial charge in [-0.1, -0.05) is 0 Å². The van der Waals surface area contributed by atoms with Gasteiger partial charge in [-0.3, -0.25) is 0 Å². The van der Waals surface area contributed by atoms with Gasteiger partial charge in [-0.2, -0.15) is 5.10 Å². The van der Waals surface area contributed by atoms with Crippen molar-refractivity contribution in [2.75, 3.05) is 13.2 Å². The van der Waals surface area contributed by atoms with E-state index in [0.717, 1.165) is 19.6 Å². The third-order valence-corrected chi connectivity index (χ3v) is 1.96. The minimum Gasteiger partial charge on any atom is -0.381 e. The van der Waals surface area contributed by atoms with E-state index in [1.54, 1.807) is 4.68 Å². The summed E-state index contributed by atoms with van der Waals surface area (Å²) in [5.41, 5.74) is 0. The maximum absolute atomic E-state index is 5.23. The van der Waals surface area contributed by atoms with E-state index in [9.17, 15) is 0 Å². The second-order valence-electron chi connectivity index (χ2n) is 2.95. The maximum Gasteiger partial charge on any atom is 0.0545 e. The SMILES string of the molecule is C(=N\n1cccc1)/C1CCOC1. The summed E-state index contributed by atoms with van der Waals surface area (Å²) >= 11 is 0. The van der Waals surface area contributed by atoms with E-state index in [4.69, 9.17) is 4.74 Å². The van der Waals surface area contributed by atoms with Gasteiger partial charge in [-0.25, -0.2) is 4.68 Å². The summed E-state index contributed by atoms with van der Waals surface area (Å²) in [6.07, 6.45) is 6.91. The number of rotatable bonds is 2. The Morgan fingerprint density at radius 1 is 1.42 bits per heavy atom. The summed E-state index contributed by atoms with van der Waals surface area (Å²) < 4.78 is 7.03. The molecular weight excluding hydrogens is 152 g/mol. The van der Waals surface area contributed by atoms with Crippen molar-refractivity contribution in [2.45, 2.75) is 6.42 Å². The first-order chi connectivity index (χ1) is 5.95. The largest absolute Gasteiger partial charge is 0.381 e. The molecule has 3 nitrogen and oxygen atoms in total. The van der Waals surface area contributed by atoms with Crippen LogP contribution < -0.4 is 0 Å². The molecule has 64 valence electrons. The molecule has 2 heterocycles. The predicted octanol–water partition coefficient (Wildman–Crippen LogP) is 1.36. The molecule has 0 bridgehead atoms. The van der Waals surface area contributed by atoms with Crippen LogP contribution in [0.5, 0.6) is 0 Å². The molecule has 12 heavy (non-hydrogen) atoms. The topological polar surface area (TPSA) is 26.5 Å². The van der Waals surface area contributed by atoms with Gasteiger partial charge in [0.05, 0.1) is 6.61 Å². The van der Waals surface area contributed by atoms with Crippen molar-refractivity contribution in [2.24, 2.45) is 11.0 Å². The highest BCUT2D eigenvalue weighted by molar-refractivity contribution is 5.61. The van der Waals surface area contributed by atoms with Gasteiger partial charge in [0.2, 0.25) is 0 Å². The Hall–Kier alpha value is -1.09. The highest BCUT2D eigenvalue weighted by Crippen LogP contribution is 2.09. The minimum atomic E-state index is 0.507. The van der Waals surface area contributed by atoms with E-state index < -0.39 is 0 Å². The van der Waals surface area contributed by atoms with Gasteiger partial charge >= 0.3 is 0 Å². The average molecular weight is 164 g/mol. The number of ether oxygens (including phenoxy) is 1. The molecule has 0 aromatic carbocycles. The van der Waals surface area contributed by atoms with Crippen molar-refractivity contribution < 1.29 is 4.74 Å². The van der Waals surface area contributed by atoms with Crippen molar-refractivity contribution in [1.29, 1.82) is 0 Å². The molecule has 0 radical (unpaired) electrons. The Balaban J connectivity index is 1.93. The molecular formula is C9H12N2O. The lowest BCUT2D eigenvalue weighted by molar-refractivity contribution is 0.193. The molecule has 1 aromatic heterocycles. The molecule has 1 aliphatic heterocycles. The molecule has 1 unspecified atom stereocenters. The van der Waals surface area contributed by atoms with E-state index in [1.807, 2.05) is 30.7 Å². The van der Waals surface area contributed by atoms with Gasteiger partial charge in [0.25, 0.3) is 0 Å². The first kappa shape index (κ1) is 7.55. The van der Waals surface area contributed by atoms with E-state index >= 15 is 0 Å². The average Bonchev–Trinajstić information content (AvgIpc) is 2.74. The Morgan fingerprint density at radius 3 is 2.92 bits per heavy atom. The molecule has 1 saturated heterocycles. The van der Waals surface area contributed by atoms with Crippen molar-refractivity contribution in [3.05, 3.63) is 24.5 Å².